The highest BCUT2D eigenvalue weighted by atomic mass is 35.5. The lowest BCUT2D eigenvalue weighted by Crippen LogP contribution is -2.48. The summed E-state index contributed by atoms with van der Waals surface area (Å²) in [5.41, 5.74) is 8.55. The Balaban J connectivity index is 1.48. The second-order valence-corrected chi connectivity index (χ2v) is 9.17. The number of halogens is 1. The van der Waals surface area contributed by atoms with Gasteiger partial charge in [-0.25, -0.2) is 0 Å². The number of nitrogens with one attached hydrogen (secondary N) is 1. The van der Waals surface area contributed by atoms with Crippen LogP contribution in [0, 0.1) is 5.92 Å². The molecule has 3 nitrogen and oxygen atoms in total. The maximum atomic E-state index is 13.2. The summed E-state index contributed by atoms with van der Waals surface area (Å²) in [4.78, 5) is 13.2. The summed E-state index contributed by atoms with van der Waals surface area (Å²) in [5.74, 6) is -0.106. The molecule has 3 aromatic rings. The smallest absolute Gasteiger partial charge is 0.232 e. The summed E-state index contributed by atoms with van der Waals surface area (Å²) in [6.07, 6.45) is 4.94. The van der Waals surface area contributed by atoms with E-state index in [0.717, 1.165) is 54.8 Å². The van der Waals surface area contributed by atoms with E-state index < -0.39 is 5.41 Å². The maximum Gasteiger partial charge on any atom is 0.232 e. The number of aryl methyl sites for hydroxylation is 1. The molecule has 0 aliphatic heterocycles. The van der Waals surface area contributed by atoms with Gasteiger partial charge in [0.15, 0.2) is 0 Å². The second kappa shape index (κ2) is 10.3. The first kappa shape index (κ1) is 22.6. The number of nitrogens with two attached hydrogens (primary N) is 1. The Hall–Kier alpha value is -2.62. The Bertz CT molecular complexity index is 982. The molecule has 1 saturated carbocycles. The molecule has 4 rings (SSSR count). The van der Waals surface area contributed by atoms with Crippen LogP contribution in [-0.4, -0.2) is 18.5 Å². The summed E-state index contributed by atoms with van der Waals surface area (Å²) in [7, 11) is 0. The lowest BCUT2D eigenvalue weighted by atomic mass is 9.64. The molecule has 0 radical (unpaired) electrons. The summed E-state index contributed by atoms with van der Waals surface area (Å²) in [6.45, 7) is 0.933. The van der Waals surface area contributed by atoms with Crippen molar-refractivity contribution in [3.05, 3.63) is 107 Å². The largest absolute Gasteiger partial charge is 0.369 e. The summed E-state index contributed by atoms with van der Waals surface area (Å²) in [5, 5.41) is 4.56. The summed E-state index contributed by atoms with van der Waals surface area (Å²) >= 11 is 6.28. The molecule has 32 heavy (non-hydrogen) atoms. The summed E-state index contributed by atoms with van der Waals surface area (Å²) in [6, 6.07) is 28.6. The fourth-order valence-electron chi connectivity index (χ4n) is 5.37. The van der Waals surface area contributed by atoms with Gasteiger partial charge in [-0.1, -0.05) is 90.5 Å². The highest BCUT2D eigenvalue weighted by Crippen LogP contribution is 2.46. The molecule has 0 aromatic heterocycles. The number of rotatable bonds is 9. The quantitative estimate of drug-likeness (QED) is 0.426. The number of carbonyl (C=O) groups is 1. The molecule has 1 aliphatic rings. The van der Waals surface area contributed by atoms with E-state index in [4.69, 9.17) is 17.3 Å². The summed E-state index contributed by atoms with van der Waals surface area (Å²) < 4.78 is 0. The van der Waals surface area contributed by atoms with Crippen LogP contribution >= 0.6 is 11.6 Å². The number of hydrogen-bond donors (Lipinski definition) is 2. The third-order valence-corrected chi connectivity index (χ3v) is 7.27. The zero-order valence-electron chi connectivity index (χ0n) is 18.3. The Morgan fingerprint density at radius 2 is 1.50 bits per heavy atom. The molecule has 3 aromatic carbocycles. The Labute approximate surface area is 196 Å². The van der Waals surface area contributed by atoms with Gasteiger partial charge in [0.05, 0.1) is 0 Å². The average molecular weight is 447 g/mol. The second-order valence-electron chi connectivity index (χ2n) is 8.76. The van der Waals surface area contributed by atoms with Gasteiger partial charge in [-0.2, -0.15) is 0 Å². The monoisotopic (exact) mass is 446 g/mol. The van der Waals surface area contributed by atoms with E-state index in [1.54, 1.807) is 0 Å². The molecule has 2 atom stereocenters. The fourth-order valence-corrected chi connectivity index (χ4v) is 5.60. The first-order valence-corrected chi connectivity index (χ1v) is 11.9. The third-order valence-electron chi connectivity index (χ3n) is 6.91. The molecular weight excluding hydrogens is 416 g/mol. The van der Waals surface area contributed by atoms with Gasteiger partial charge in [0.1, 0.15) is 5.41 Å². The zero-order valence-corrected chi connectivity index (χ0v) is 19.1. The SMILES string of the molecule is NC(=O)C(c1ccccc1)(c1ccccc1)C1CCC(NCCCc2ccccc2Cl)C1. The topological polar surface area (TPSA) is 55.1 Å². The maximum absolute atomic E-state index is 13.2. The lowest BCUT2D eigenvalue weighted by molar-refractivity contribution is -0.123. The number of hydrogen-bond acceptors (Lipinski definition) is 2. The van der Waals surface area contributed by atoms with Gasteiger partial charge in [0.2, 0.25) is 5.91 Å². The van der Waals surface area contributed by atoms with E-state index in [1.165, 1.54) is 5.56 Å². The lowest BCUT2D eigenvalue weighted by Gasteiger charge is -2.37. The Morgan fingerprint density at radius 3 is 2.09 bits per heavy atom. The molecule has 1 aliphatic carbocycles. The minimum atomic E-state index is -0.809. The van der Waals surface area contributed by atoms with Crippen LogP contribution in [-0.2, 0) is 16.6 Å². The van der Waals surface area contributed by atoms with Crippen LogP contribution in [0.4, 0.5) is 0 Å². The van der Waals surface area contributed by atoms with Crippen LogP contribution in [0.15, 0.2) is 84.9 Å². The molecule has 4 heteroatoms. The zero-order chi connectivity index (χ0) is 22.4. The normalized spacial score (nSPS) is 18.5. The van der Waals surface area contributed by atoms with E-state index in [0.29, 0.717) is 6.04 Å². The molecule has 0 heterocycles. The Kier molecular flexibility index (Phi) is 7.29. The molecule has 1 amide bonds. The van der Waals surface area contributed by atoms with Crippen molar-refractivity contribution in [3.8, 4) is 0 Å². The van der Waals surface area contributed by atoms with Crippen LogP contribution in [0.5, 0.6) is 0 Å². The van der Waals surface area contributed by atoms with Crippen molar-refractivity contribution >= 4 is 17.5 Å². The molecule has 0 spiro atoms. The third kappa shape index (κ3) is 4.60. The van der Waals surface area contributed by atoms with Crippen molar-refractivity contribution in [2.45, 2.75) is 43.6 Å². The van der Waals surface area contributed by atoms with Gasteiger partial charge in [-0.05, 0) is 67.3 Å². The van der Waals surface area contributed by atoms with Crippen molar-refractivity contribution in [1.82, 2.24) is 5.32 Å². The minimum absolute atomic E-state index is 0.158. The number of benzene rings is 3. The van der Waals surface area contributed by atoms with Gasteiger partial charge < -0.3 is 11.1 Å². The minimum Gasteiger partial charge on any atom is -0.369 e. The van der Waals surface area contributed by atoms with Crippen LogP contribution in [0.2, 0.25) is 5.02 Å². The Morgan fingerprint density at radius 1 is 0.906 bits per heavy atom. The number of amides is 1. The molecule has 3 N–H and O–H groups in total. The highest BCUT2D eigenvalue weighted by Gasteiger charge is 2.49. The first-order chi connectivity index (χ1) is 15.6. The van der Waals surface area contributed by atoms with Gasteiger partial charge >= 0.3 is 0 Å². The van der Waals surface area contributed by atoms with E-state index >= 15 is 0 Å². The van der Waals surface area contributed by atoms with Gasteiger partial charge in [0.25, 0.3) is 0 Å². The van der Waals surface area contributed by atoms with Gasteiger partial charge in [0, 0.05) is 11.1 Å². The molecular formula is C28H31ClN2O. The van der Waals surface area contributed by atoms with Crippen molar-refractivity contribution < 1.29 is 4.79 Å². The standard InChI is InChI=1S/C28H31ClN2O/c29-26-16-8-7-10-21(26)11-9-19-31-25-18-17-24(20-25)28(27(30)32,22-12-3-1-4-13-22)23-14-5-2-6-15-23/h1-8,10,12-16,24-25,31H,9,11,17-20H2,(H2,30,32). The number of carbonyl (C=O) groups excluding carboxylic acids is 1. The van der Waals surface area contributed by atoms with E-state index in [-0.39, 0.29) is 11.8 Å². The molecule has 0 saturated heterocycles. The average Bonchev–Trinajstić information content (AvgIpc) is 3.28. The molecule has 1 fully saturated rings. The van der Waals surface area contributed by atoms with Gasteiger partial charge in [-0.15, -0.1) is 0 Å². The van der Waals surface area contributed by atoms with Gasteiger partial charge in [-0.3, -0.25) is 4.79 Å². The van der Waals surface area contributed by atoms with Crippen molar-refractivity contribution in [3.63, 3.8) is 0 Å². The highest BCUT2D eigenvalue weighted by molar-refractivity contribution is 6.31. The molecule has 0 bridgehead atoms. The van der Waals surface area contributed by atoms with Crippen LogP contribution < -0.4 is 11.1 Å². The molecule has 166 valence electrons. The molecule has 2 unspecified atom stereocenters. The van der Waals surface area contributed by atoms with Crippen LogP contribution in [0.25, 0.3) is 0 Å². The van der Waals surface area contributed by atoms with E-state index in [1.807, 2.05) is 78.9 Å². The van der Waals surface area contributed by atoms with Crippen molar-refractivity contribution in [2.24, 2.45) is 11.7 Å². The van der Waals surface area contributed by atoms with Crippen molar-refractivity contribution in [1.29, 1.82) is 0 Å². The van der Waals surface area contributed by atoms with Crippen molar-refractivity contribution in [2.75, 3.05) is 6.54 Å². The predicted molar refractivity (Wildman–Crippen MR) is 132 cm³/mol. The predicted octanol–water partition coefficient (Wildman–Crippen LogP) is 5.50. The van der Waals surface area contributed by atoms with Crippen LogP contribution in [0.3, 0.4) is 0 Å². The van der Waals surface area contributed by atoms with E-state index in [2.05, 4.69) is 11.4 Å². The van der Waals surface area contributed by atoms with Crippen LogP contribution in [0.1, 0.15) is 42.4 Å². The van der Waals surface area contributed by atoms with E-state index in [9.17, 15) is 4.79 Å². The number of primary amides is 1. The first-order valence-electron chi connectivity index (χ1n) is 11.5. The fraction of sp³-hybridized carbons (Fsp3) is 0.321.